The Kier molecular flexibility index (Phi) is 8.23. The van der Waals surface area contributed by atoms with E-state index in [-0.39, 0.29) is 42.2 Å². The summed E-state index contributed by atoms with van der Waals surface area (Å²) in [4.78, 5) is 11.1. The highest BCUT2D eigenvalue weighted by Gasteiger charge is 2.39. The fourth-order valence-electron chi connectivity index (χ4n) is 3.62. The standard InChI is InChI=1S/C24H13Cl4F3N4O4S/c25-14-5-10(6-15(26)20(14)32)11-7-16(27)22(17(28)8-11)35-34-18-9-19(40(37,38)39)12-3-1-2-4-13(12)21(18)33-23(36)24(29,30)31/h1-9H,32H2,(H,33,36)(H,37,38,39). The lowest BCUT2D eigenvalue weighted by atomic mass is 10.0. The van der Waals surface area contributed by atoms with Crippen LogP contribution in [0.3, 0.4) is 0 Å². The molecular weight excluding hydrogens is 639 g/mol. The summed E-state index contributed by atoms with van der Waals surface area (Å²) in [7, 11) is -4.89. The number of anilines is 2. The molecule has 0 heterocycles. The second-order valence-corrected chi connectivity index (χ2v) is 11.1. The lowest BCUT2D eigenvalue weighted by molar-refractivity contribution is -0.167. The summed E-state index contributed by atoms with van der Waals surface area (Å²) in [5, 5.41) is 9.31. The van der Waals surface area contributed by atoms with E-state index in [1.54, 1.807) is 5.32 Å². The summed E-state index contributed by atoms with van der Waals surface area (Å²) >= 11 is 24.9. The van der Waals surface area contributed by atoms with Crippen molar-refractivity contribution in [2.45, 2.75) is 11.1 Å². The second-order valence-electron chi connectivity index (χ2n) is 8.08. The molecule has 208 valence electrons. The van der Waals surface area contributed by atoms with Gasteiger partial charge in [0.2, 0.25) is 0 Å². The molecule has 0 aliphatic rings. The van der Waals surface area contributed by atoms with Gasteiger partial charge in [0.15, 0.2) is 0 Å². The van der Waals surface area contributed by atoms with Crippen LogP contribution in [0.1, 0.15) is 0 Å². The Balaban J connectivity index is 1.88. The van der Waals surface area contributed by atoms with Crippen LogP contribution in [-0.2, 0) is 14.9 Å². The zero-order valence-electron chi connectivity index (χ0n) is 19.4. The van der Waals surface area contributed by atoms with Gasteiger partial charge in [-0.15, -0.1) is 10.2 Å². The van der Waals surface area contributed by atoms with Crippen LogP contribution < -0.4 is 11.1 Å². The molecule has 0 aromatic heterocycles. The van der Waals surface area contributed by atoms with E-state index in [0.29, 0.717) is 11.1 Å². The molecule has 0 aliphatic carbocycles. The largest absolute Gasteiger partial charge is 0.471 e. The van der Waals surface area contributed by atoms with Crippen molar-refractivity contribution in [3.05, 3.63) is 74.7 Å². The Morgan fingerprint density at radius 3 is 1.85 bits per heavy atom. The Morgan fingerprint density at radius 2 is 1.35 bits per heavy atom. The van der Waals surface area contributed by atoms with Gasteiger partial charge in [0, 0.05) is 10.8 Å². The summed E-state index contributed by atoms with van der Waals surface area (Å²) < 4.78 is 73.1. The van der Waals surface area contributed by atoms with Crippen molar-refractivity contribution in [3.8, 4) is 11.1 Å². The smallest absolute Gasteiger partial charge is 0.396 e. The molecule has 8 nitrogen and oxygen atoms in total. The number of carbonyl (C=O) groups is 1. The van der Waals surface area contributed by atoms with E-state index in [2.05, 4.69) is 10.2 Å². The van der Waals surface area contributed by atoms with Crippen molar-refractivity contribution in [1.29, 1.82) is 0 Å². The number of nitrogens with two attached hydrogens (primary N) is 1. The Labute approximate surface area is 244 Å². The number of rotatable bonds is 5. The van der Waals surface area contributed by atoms with E-state index >= 15 is 0 Å². The van der Waals surface area contributed by atoms with Gasteiger partial charge in [0.05, 0.1) is 31.5 Å². The lowest BCUT2D eigenvalue weighted by Crippen LogP contribution is -2.30. The van der Waals surface area contributed by atoms with Crippen LogP contribution >= 0.6 is 46.4 Å². The van der Waals surface area contributed by atoms with E-state index in [0.717, 1.165) is 6.07 Å². The van der Waals surface area contributed by atoms with Crippen LogP contribution in [0.4, 0.5) is 35.9 Å². The molecule has 0 fully saturated rings. The molecule has 0 aliphatic heterocycles. The van der Waals surface area contributed by atoms with E-state index < -0.39 is 38.5 Å². The first-order chi connectivity index (χ1) is 18.6. The molecule has 0 atom stereocenters. The molecular formula is C24H13Cl4F3N4O4S. The highest BCUT2D eigenvalue weighted by Crippen LogP contribution is 2.43. The minimum absolute atomic E-state index is 0.0630. The Hall–Kier alpha value is -3.13. The second kappa shape index (κ2) is 11.0. The van der Waals surface area contributed by atoms with Crippen molar-refractivity contribution >= 4 is 96.0 Å². The predicted molar refractivity (Wildman–Crippen MR) is 149 cm³/mol. The van der Waals surface area contributed by atoms with Gasteiger partial charge in [-0.05, 0) is 41.5 Å². The number of carbonyl (C=O) groups excluding carboxylic acids is 1. The van der Waals surface area contributed by atoms with Crippen LogP contribution in [-0.4, -0.2) is 25.1 Å². The van der Waals surface area contributed by atoms with E-state index in [1.807, 2.05) is 0 Å². The highest BCUT2D eigenvalue weighted by atomic mass is 35.5. The number of benzene rings is 4. The number of azo groups is 1. The molecule has 4 aromatic rings. The van der Waals surface area contributed by atoms with Crippen LogP contribution in [0.15, 0.2) is 69.7 Å². The average molecular weight is 652 g/mol. The maximum absolute atomic E-state index is 13.1. The van der Waals surface area contributed by atoms with Gasteiger partial charge >= 0.3 is 12.1 Å². The number of alkyl halides is 3. The van der Waals surface area contributed by atoms with Crippen molar-refractivity contribution < 1.29 is 30.9 Å². The van der Waals surface area contributed by atoms with Gasteiger partial charge in [0.1, 0.15) is 16.3 Å². The van der Waals surface area contributed by atoms with E-state index in [4.69, 9.17) is 52.1 Å². The van der Waals surface area contributed by atoms with Gasteiger partial charge in [-0.2, -0.15) is 21.6 Å². The Bertz CT molecular complexity index is 1790. The third-order valence-corrected chi connectivity index (χ3v) is 7.54. The van der Waals surface area contributed by atoms with Crippen LogP contribution in [0.5, 0.6) is 0 Å². The quantitative estimate of drug-likeness (QED) is 0.113. The van der Waals surface area contributed by atoms with Crippen LogP contribution in [0.2, 0.25) is 20.1 Å². The first kappa shape index (κ1) is 29.8. The van der Waals surface area contributed by atoms with Crippen molar-refractivity contribution in [1.82, 2.24) is 0 Å². The number of amides is 1. The maximum Gasteiger partial charge on any atom is 0.471 e. The van der Waals surface area contributed by atoms with Gasteiger partial charge < -0.3 is 11.1 Å². The normalized spacial score (nSPS) is 12.3. The minimum atomic E-state index is -5.28. The number of nitrogens with zero attached hydrogens (tertiary/aromatic N) is 2. The Morgan fingerprint density at radius 1 is 0.850 bits per heavy atom. The number of nitrogens with one attached hydrogen (secondary N) is 1. The maximum atomic E-state index is 13.1. The third kappa shape index (κ3) is 6.12. The zero-order valence-corrected chi connectivity index (χ0v) is 23.2. The first-order valence-electron chi connectivity index (χ1n) is 10.6. The van der Waals surface area contributed by atoms with Gasteiger partial charge in [-0.25, -0.2) is 0 Å². The molecule has 16 heteroatoms. The first-order valence-corrected chi connectivity index (χ1v) is 13.6. The van der Waals surface area contributed by atoms with Crippen molar-refractivity contribution in [2.75, 3.05) is 11.1 Å². The highest BCUT2D eigenvalue weighted by molar-refractivity contribution is 7.86. The number of fused-ring (bicyclic) bond motifs is 1. The average Bonchev–Trinajstić information content (AvgIpc) is 2.85. The zero-order chi connectivity index (χ0) is 29.6. The minimum Gasteiger partial charge on any atom is -0.396 e. The van der Waals surface area contributed by atoms with Crippen LogP contribution in [0.25, 0.3) is 21.9 Å². The monoisotopic (exact) mass is 650 g/mol. The SMILES string of the molecule is Nc1c(Cl)cc(-c2cc(Cl)c(N=Nc3cc(S(=O)(=O)O)c4ccccc4c3NC(=O)C(F)(F)F)c(Cl)c2)cc1Cl. The molecule has 0 unspecified atom stereocenters. The van der Waals surface area contributed by atoms with Gasteiger partial charge in [0.25, 0.3) is 10.1 Å². The topological polar surface area (TPSA) is 134 Å². The molecule has 4 aromatic carbocycles. The predicted octanol–water partition coefficient (Wildman–Crippen LogP) is 8.87. The summed E-state index contributed by atoms with van der Waals surface area (Å²) in [6.07, 6.45) is -5.28. The number of nitrogen functional groups attached to an aromatic ring is 1. The van der Waals surface area contributed by atoms with Crippen molar-refractivity contribution in [2.24, 2.45) is 10.2 Å². The molecule has 40 heavy (non-hydrogen) atoms. The molecule has 4 N–H and O–H groups in total. The molecule has 0 bridgehead atoms. The summed E-state index contributed by atoms with van der Waals surface area (Å²) in [5.41, 5.74) is 5.67. The van der Waals surface area contributed by atoms with Crippen LogP contribution in [0, 0.1) is 0 Å². The van der Waals surface area contributed by atoms with Gasteiger partial charge in [-0.3, -0.25) is 9.35 Å². The summed E-state index contributed by atoms with van der Waals surface area (Å²) in [6, 6.07) is 11.9. The molecule has 0 spiro atoms. The van der Waals surface area contributed by atoms with Gasteiger partial charge in [-0.1, -0.05) is 70.7 Å². The fourth-order valence-corrected chi connectivity index (χ4v) is 5.38. The molecule has 4 rings (SSSR count). The molecule has 0 radical (unpaired) electrons. The molecule has 0 saturated heterocycles. The van der Waals surface area contributed by atoms with E-state index in [1.165, 1.54) is 48.5 Å². The summed E-state index contributed by atoms with van der Waals surface area (Å²) in [6.45, 7) is 0. The van der Waals surface area contributed by atoms with Crippen molar-refractivity contribution in [3.63, 3.8) is 0 Å². The lowest BCUT2D eigenvalue weighted by Gasteiger charge is -2.15. The molecule has 0 saturated carbocycles. The number of hydrogen-bond acceptors (Lipinski definition) is 6. The number of hydrogen-bond donors (Lipinski definition) is 3. The van der Waals surface area contributed by atoms with E-state index in [9.17, 15) is 30.9 Å². The number of halogens is 7. The third-order valence-electron chi connectivity index (χ3n) is 5.45. The fraction of sp³-hybridized carbons (Fsp3) is 0.0417. The molecule has 1 amide bonds. The summed E-state index contributed by atoms with van der Waals surface area (Å²) in [5.74, 6) is -2.35.